The summed E-state index contributed by atoms with van der Waals surface area (Å²) >= 11 is 0. The molecular weight excluding hydrogens is 232 g/mol. The van der Waals surface area contributed by atoms with Crippen molar-refractivity contribution in [3.63, 3.8) is 0 Å². The Bertz CT molecular complexity index is 629. The monoisotopic (exact) mass is 244 g/mol. The highest BCUT2D eigenvalue weighted by molar-refractivity contribution is 5.89. The second kappa shape index (κ2) is 4.83. The first kappa shape index (κ1) is 12.0. The molecule has 2 rings (SSSR count). The number of nitrogens with one attached hydrogen (secondary N) is 1. The summed E-state index contributed by atoms with van der Waals surface area (Å²) in [6.07, 6.45) is 0. The number of hydrogen-bond donors (Lipinski definition) is 1. The van der Waals surface area contributed by atoms with Gasteiger partial charge in [-0.1, -0.05) is 29.8 Å². The number of rotatable bonds is 2. The van der Waals surface area contributed by atoms with Crippen LogP contribution >= 0.6 is 0 Å². The third kappa shape index (κ3) is 2.29. The summed E-state index contributed by atoms with van der Waals surface area (Å²) in [6.45, 7) is 1.98. The molecule has 1 aromatic carbocycles. The Kier molecular flexibility index (Phi) is 3.23. The smallest absolute Gasteiger partial charge is 0.343 e. The van der Waals surface area contributed by atoms with Crippen molar-refractivity contribution >= 4 is 5.97 Å². The van der Waals surface area contributed by atoms with E-state index in [4.69, 9.17) is 0 Å². The average molecular weight is 244 g/mol. The number of aryl methyl sites for hydroxylation is 1. The number of ether oxygens (including phenoxy) is 1. The molecule has 0 amide bonds. The molecule has 1 heterocycles. The highest BCUT2D eigenvalue weighted by Gasteiger charge is 2.13. The Morgan fingerprint density at radius 3 is 2.56 bits per heavy atom. The fourth-order valence-electron chi connectivity index (χ4n) is 1.54. The van der Waals surface area contributed by atoms with Crippen LogP contribution in [0.4, 0.5) is 0 Å². The van der Waals surface area contributed by atoms with E-state index in [1.807, 2.05) is 31.2 Å². The van der Waals surface area contributed by atoms with E-state index in [9.17, 15) is 9.59 Å². The van der Waals surface area contributed by atoms with Crippen LogP contribution in [-0.2, 0) is 4.74 Å². The molecule has 1 N–H and O–H groups in total. The predicted octanol–water partition coefficient (Wildman–Crippen LogP) is 1.53. The molecule has 2 aromatic rings. The Morgan fingerprint density at radius 2 is 1.94 bits per heavy atom. The number of hydrogen-bond acceptors (Lipinski definition) is 4. The van der Waals surface area contributed by atoms with Gasteiger partial charge in [0, 0.05) is 5.56 Å². The van der Waals surface area contributed by atoms with Crippen LogP contribution in [0, 0.1) is 6.92 Å². The highest BCUT2D eigenvalue weighted by Crippen LogP contribution is 2.16. The first-order chi connectivity index (χ1) is 8.61. The molecule has 0 fully saturated rings. The summed E-state index contributed by atoms with van der Waals surface area (Å²) < 4.78 is 4.54. The average Bonchev–Trinajstić information content (AvgIpc) is 2.39. The molecule has 0 aliphatic carbocycles. The normalized spacial score (nSPS) is 10.1. The van der Waals surface area contributed by atoms with Gasteiger partial charge in [0.15, 0.2) is 0 Å². The van der Waals surface area contributed by atoms with E-state index < -0.39 is 11.5 Å². The van der Waals surface area contributed by atoms with Gasteiger partial charge >= 0.3 is 5.97 Å². The predicted molar refractivity (Wildman–Crippen MR) is 66.4 cm³/mol. The fourth-order valence-corrected chi connectivity index (χ4v) is 1.54. The third-order valence-corrected chi connectivity index (χ3v) is 2.56. The van der Waals surface area contributed by atoms with Gasteiger partial charge in [-0.25, -0.2) is 9.89 Å². The molecule has 0 bridgehead atoms. The van der Waals surface area contributed by atoms with Crippen LogP contribution in [0.1, 0.15) is 15.9 Å². The van der Waals surface area contributed by atoms with Gasteiger partial charge in [-0.15, -0.1) is 0 Å². The molecule has 0 spiro atoms. The van der Waals surface area contributed by atoms with E-state index in [0.29, 0.717) is 5.69 Å². The molecule has 92 valence electrons. The summed E-state index contributed by atoms with van der Waals surface area (Å²) in [5.41, 5.74) is 1.86. The third-order valence-electron chi connectivity index (χ3n) is 2.56. The second-order valence-electron chi connectivity index (χ2n) is 3.85. The first-order valence-corrected chi connectivity index (χ1v) is 5.37. The molecule has 0 atom stereocenters. The Balaban J connectivity index is 2.50. The lowest BCUT2D eigenvalue weighted by Gasteiger charge is -2.03. The zero-order chi connectivity index (χ0) is 13.1. The molecule has 5 heteroatoms. The Hall–Kier alpha value is -2.43. The van der Waals surface area contributed by atoms with E-state index in [0.717, 1.165) is 11.1 Å². The van der Waals surface area contributed by atoms with Crippen molar-refractivity contribution in [2.45, 2.75) is 6.92 Å². The number of methoxy groups -OCH3 is 1. The van der Waals surface area contributed by atoms with E-state index in [2.05, 4.69) is 14.9 Å². The van der Waals surface area contributed by atoms with Crippen LogP contribution < -0.4 is 5.56 Å². The van der Waals surface area contributed by atoms with Gasteiger partial charge in [0.05, 0.1) is 12.8 Å². The van der Waals surface area contributed by atoms with Gasteiger partial charge in [0.2, 0.25) is 0 Å². The summed E-state index contributed by atoms with van der Waals surface area (Å²) in [4.78, 5) is 22.8. The van der Waals surface area contributed by atoms with Gasteiger partial charge in [0.25, 0.3) is 5.56 Å². The van der Waals surface area contributed by atoms with Crippen molar-refractivity contribution in [2.24, 2.45) is 0 Å². The first-order valence-electron chi connectivity index (χ1n) is 5.37. The zero-order valence-corrected chi connectivity index (χ0v) is 10.1. The van der Waals surface area contributed by atoms with E-state index >= 15 is 0 Å². The molecule has 0 aliphatic rings. The van der Waals surface area contributed by atoms with Crippen molar-refractivity contribution in [1.29, 1.82) is 0 Å². The molecule has 5 nitrogen and oxygen atoms in total. The molecule has 18 heavy (non-hydrogen) atoms. The fraction of sp³-hybridized carbons (Fsp3) is 0.154. The number of aromatic amines is 1. The lowest BCUT2D eigenvalue weighted by Crippen LogP contribution is -2.20. The lowest BCUT2D eigenvalue weighted by atomic mass is 10.1. The van der Waals surface area contributed by atoms with Gasteiger partial charge in [-0.05, 0) is 13.0 Å². The molecule has 1 aromatic heterocycles. The van der Waals surface area contributed by atoms with Crippen LogP contribution in [0.3, 0.4) is 0 Å². The number of aromatic nitrogens is 2. The minimum atomic E-state index is -0.674. The maximum atomic E-state index is 11.4. The molecule has 0 saturated carbocycles. The zero-order valence-electron chi connectivity index (χ0n) is 10.1. The Labute approximate surface area is 103 Å². The Morgan fingerprint density at radius 1 is 1.28 bits per heavy atom. The number of carbonyl (C=O) groups excluding carboxylic acids is 1. The van der Waals surface area contributed by atoms with Crippen molar-refractivity contribution < 1.29 is 9.53 Å². The van der Waals surface area contributed by atoms with Gasteiger partial charge in [-0.3, -0.25) is 4.79 Å². The summed E-state index contributed by atoms with van der Waals surface area (Å²) in [7, 11) is 1.23. The van der Waals surface area contributed by atoms with Crippen LogP contribution in [0.25, 0.3) is 11.3 Å². The number of H-pyrrole nitrogens is 1. The van der Waals surface area contributed by atoms with Crippen LogP contribution in [-0.4, -0.2) is 23.3 Å². The number of nitrogens with zero attached hydrogens (tertiary/aromatic N) is 1. The minimum absolute atomic E-state index is 0.0527. The SMILES string of the molecule is COC(=O)c1cc(-c2ccc(C)cc2)n[nH]c1=O. The number of benzene rings is 1. The van der Waals surface area contributed by atoms with Crippen LogP contribution in [0.2, 0.25) is 0 Å². The van der Waals surface area contributed by atoms with E-state index in [1.165, 1.54) is 13.2 Å². The molecule has 0 unspecified atom stereocenters. The summed E-state index contributed by atoms with van der Waals surface area (Å²) in [5, 5.41) is 6.20. The standard InChI is InChI=1S/C13H12N2O3/c1-8-3-5-9(6-4-8)11-7-10(13(17)18-2)12(16)15-14-11/h3-7H,1-2H3,(H,15,16). The minimum Gasteiger partial charge on any atom is -0.465 e. The van der Waals surface area contributed by atoms with E-state index in [1.54, 1.807) is 0 Å². The number of carbonyl (C=O) groups is 1. The molecular formula is C13H12N2O3. The second-order valence-corrected chi connectivity index (χ2v) is 3.85. The van der Waals surface area contributed by atoms with Gasteiger partial charge in [-0.2, -0.15) is 5.10 Å². The maximum Gasteiger partial charge on any atom is 0.343 e. The van der Waals surface area contributed by atoms with Crippen LogP contribution in [0.15, 0.2) is 35.1 Å². The summed E-state index contributed by atoms with van der Waals surface area (Å²) in [5.74, 6) is -0.674. The quantitative estimate of drug-likeness (QED) is 0.813. The van der Waals surface area contributed by atoms with Crippen molar-refractivity contribution in [2.75, 3.05) is 7.11 Å². The van der Waals surface area contributed by atoms with Crippen molar-refractivity contribution in [1.82, 2.24) is 10.2 Å². The lowest BCUT2D eigenvalue weighted by molar-refractivity contribution is 0.0598. The van der Waals surface area contributed by atoms with Crippen LogP contribution in [0.5, 0.6) is 0 Å². The largest absolute Gasteiger partial charge is 0.465 e. The topological polar surface area (TPSA) is 72.0 Å². The molecule has 0 radical (unpaired) electrons. The number of esters is 1. The summed E-state index contributed by atoms with van der Waals surface area (Å²) in [6, 6.07) is 9.03. The maximum absolute atomic E-state index is 11.4. The van der Waals surface area contributed by atoms with Crippen molar-refractivity contribution in [3.8, 4) is 11.3 Å². The van der Waals surface area contributed by atoms with Gasteiger partial charge < -0.3 is 4.74 Å². The van der Waals surface area contributed by atoms with E-state index in [-0.39, 0.29) is 5.56 Å². The molecule has 0 aliphatic heterocycles. The van der Waals surface area contributed by atoms with Crippen molar-refractivity contribution in [3.05, 3.63) is 51.8 Å². The van der Waals surface area contributed by atoms with Gasteiger partial charge in [0.1, 0.15) is 5.56 Å². The molecule has 0 saturated heterocycles. The highest BCUT2D eigenvalue weighted by atomic mass is 16.5.